The van der Waals surface area contributed by atoms with Crippen LogP contribution in [-0.2, 0) is 16.6 Å². The first-order valence-corrected chi connectivity index (χ1v) is 13.3. The van der Waals surface area contributed by atoms with Gasteiger partial charge in [-0.3, -0.25) is 0 Å². The van der Waals surface area contributed by atoms with Crippen LogP contribution >= 0.6 is 0 Å². The number of piperidine rings is 1. The number of hydrogen-bond donors (Lipinski definition) is 2. The number of methoxy groups -OCH3 is 1. The van der Waals surface area contributed by atoms with E-state index in [1.807, 2.05) is 19.2 Å². The fourth-order valence-electron chi connectivity index (χ4n) is 9.17. The minimum Gasteiger partial charge on any atom is -0.504 e. The number of benzene rings is 2. The lowest BCUT2D eigenvalue weighted by atomic mass is 9.35. The molecule has 2 aliphatic heterocycles. The Hall–Kier alpha value is -2.34. The number of phenols is 1. The second-order valence-electron chi connectivity index (χ2n) is 11.6. The van der Waals surface area contributed by atoms with E-state index in [-0.39, 0.29) is 22.5 Å². The zero-order chi connectivity index (χ0) is 23.8. The Bertz CT molecular complexity index is 1180. The number of nitrogens with one attached hydrogen (secondary N) is 1. The van der Waals surface area contributed by atoms with Gasteiger partial charge in [-0.1, -0.05) is 48.6 Å². The summed E-state index contributed by atoms with van der Waals surface area (Å²) in [6.07, 6.45) is 9.85. The molecule has 8 rings (SSSR count). The third-order valence-electron chi connectivity index (χ3n) is 10.5. The number of likely N-dealkylation sites (N-methyl/N-ethyl adjacent to an activating group) is 1. The average molecular weight is 473 g/mol. The highest BCUT2D eigenvalue weighted by Gasteiger charge is 2.80. The number of hydrogen-bond acceptors (Lipinski definition) is 5. The highest BCUT2D eigenvalue weighted by molar-refractivity contribution is 5.63. The van der Waals surface area contributed by atoms with Gasteiger partial charge in [0.25, 0.3) is 0 Å². The van der Waals surface area contributed by atoms with Crippen LogP contribution in [0.3, 0.4) is 0 Å². The van der Waals surface area contributed by atoms with E-state index in [4.69, 9.17) is 9.47 Å². The smallest absolute Gasteiger partial charge is 0.165 e. The molecule has 4 fully saturated rings. The molecule has 2 aromatic carbocycles. The predicted molar refractivity (Wildman–Crippen MR) is 137 cm³/mol. The predicted octanol–water partition coefficient (Wildman–Crippen LogP) is 4.14. The topological polar surface area (TPSA) is 54.0 Å². The third kappa shape index (κ3) is 2.64. The minimum atomic E-state index is -0.335. The molecule has 0 aromatic heterocycles. The van der Waals surface area contributed by atoms with Gasteiger partial charge in [0.05, 0.1) is 0 Å². The van der Waals surface area contributed by atoms with Gasteiger partial charge >= 0.3 is 0 Å². The van der Waals surface area contributed by atoms with Crippen LogP contribution in [0.25, 0.3) is 6.08 Å². The fourth-order valence-corrected chi connectivity index (χ4v) is 9.17. The van der Waals surface area contributed by atoms with Crippen molar-refractivity contribution in [3.8, 4) is 11.5 Å². The van der Waals surface area contributed by atoms with Crippen LogP contribution in [-0.4, -0.2) is 61.5 Å². The highest BCUT2D eigenvalue weighted by Crippen LogP contribution is 2.76. The van der Waals surface area contributed by atoms with E-state index >= 15 is 0 Å². The first-order valence-electron chi connectivity index (χ1n) is 13.3. The largest absolute Gasteiger partial charge is 0.504 e. The van der Waals surface area contributed by atoms with E-state index in [2.05, 4.69) is 59.7 Å². The van der Waals surface area contributed by atoms with Crippen molar-refractivity contribution in [1.29, 1.82) is 0 Å². The SMILES string of the molecule is CO[C@]12CC[C@@]3(CC1CNCC=Cc1ccccc1)C1Cc4ccc(O)c5c4[C@@]3(CCN1C)C2O5. The van der Waals surface area contributed by atoms with Crippen molar-refractivity contribution < 1.29 is 14.6 Å². The maximum atomic E-state index is 10.9. The summed E-state index contributed by atoms with van der Waals surface area (Å²) in [7, 11) is 4.21. The normalized spacial score (nSPS) is 38.5. The first kappa shape index (κ1) is 21.9. The molecule has 2 spiro atoms. The molecule has 4 aliphatic carbocycles. The molecule has 35 heavy (non-hydrogen) atoms. The lowest BCUT2D eigenvalue weighted by Crippen LogP contribution is -2.81. The van der Waals surface area contributed by atoms with Crippen molar-refractivity contribution in [2.24, 2.45) is 11.3 Å². The Labute approximate surface area is 208 Å². The number of ether oxygens (including phenoxy) is 2. The van der Waals surface area contributed by atoms with E-state index in [0.29, 0.717) is 17.7 Å². The number of fused-ring (bicyclic) bond motifs is 2. The van der Waals surface area contributed by atoms with Gasteiger partial charge < -0.3 is 24.8 Å². The standard InChI is InChI=1S/C30H36N2O3/c1-32-16-14-29-25-21-10-11-23(33)26(25)35-27(29)30(34-2)13-12-28(29,24(32)17-21)18-22(30)19-31-15-6-9-20-7-4-3-5-8-20/h3-11,22,24,27,31,33H,12-19H2,1-2H3/t22?,24?,27?,28-,29+,30-/m1/s1. The van der Waals surface area contributed by atoms with Gasteiger partial charge in [0.15, 0.2) is 11.5 Å². The zero-order valence-corrected chi connectivity index (χ0v) is 20.8. The highest BCUT2D eigenvalue weighted by atomic mass is 16.6. The van der Waals surface area contributed by atoms with Crippen molar-refractivity contribution in [1.82, 2.24) is 10.2 Å². The Balaban J connectivity index is 1.23. The second-order valence-corrected chi connectivity index (χ2v) is 11.6. The van der Waals surface area contributed by atoms with E-state index < -0.39 is 0 Å². The molecule has 6 aliphatic rings. The lowest BCUT2D eigenvalue weighted by molar-refractivity contribution is -0.274. The van der Waals surface area contributed by atoms with Gasteiger partial charge in [0, 0.05) is 48.6 Å². The Kier molecular flexibility index (Phi) is 4.74. The van der Waals surface area contributed by atoms with Crippen LogP contribution in [0.4, 0.5) is 0 Å². The van der Waals surface area contributed by atoms with Crippen LogP contribution in [0.15, 0.2) is 48.5 Å². The number of nitrogens with zero attached hydrogens (tertiary/aromatic N) is 1. The Morgan fingerprint density at radius 3 is 2.86 bits per heavy atom. The van der Waals surface area contributed by atoms with Crippen molar-refractivity contribution in [2.75, 3.05) is 33.8 Å². The van der Waals surface area contributed by atoms with E-state index in [1.54, 1.807) is 0 Å². The summed E-state index contributed by atoms with van der Waals surface area (Å²) in [4.78, 5) is 2.62. The first-order chi connectivity index (χ1) is 17.1. The maximum Gasteiger partial charge on any atom is 0.165 e. The molecule has 3 unspecified atom stereocenters. The molecule has 2 N–H and O–H groups in total. The summed E-state index contributed by atoms with van der Waals surface area (Å²) in [5, 5.41) is 14.6. The maximum absolute atomic E-state index is 10.9. The molecule has 3 saturated carbocycles. The van der Waals surface area contributed by atoms with Crippen molar-refractivity contribution >= 4 is 6.08 Å². The lowest BCUT2D eigenvalue weighted by Gasteiger charge is -2.73. The van der Waals surface area contributed by atoms with Crippen LogP contribution in [0.5, 0.6) is 11.5 Å². The summed E-state index contributed by atoms with van der Waals surface area (Å²) >= 11 is 0. The molecule has 2 aromatic rings. The van der Waals surface area contributed by atoms with Crippen LogP contribution < -0.4 is 10.1 Å². The molecule has 6 atom stereocenters. The number of likely N-dealkylation sites (tertiary alicyclic amines) is 1. The molecule has 5 heteroatoms. The van der Waals surface area contributed by atoms with Gasteiger partial charge in [0.2, 0.25) is 0 Å². The average Bonchev–Trinajstić information content (AvgIpc) is 3.25. The molecular formula is C30H36N2O3. The molecule has 4 bridgehead atoms. The van der Waals surface area contributed by atoms with Gasteiger partial charge in [-0.2, -0.15) is 0 Å². The number of rotatable bonds is 6. The van der Waals surface area contributed by atoms with Gasteiger partial charge in [0.1, 0.15) is 11.7 Å². The molecule has 2 heterocycles. The van der Waals surface area contributed by atoms with Crippen LogP contribution in [0.2, 0.25) is 0 Å². The fraction of sp³-hybridized carbons (Fsp3) is 0.533. The summed E-state index contributed by atoms with van der Waals surface area (Å²) in [5.74, 6) is 1.42. The molecule has 0 amide bonds. The van der Waals surface area contributed by atoms with E-state index in [1.165, 1.54) is 23.1 Å². The molecular weight excluding hydrogens is 436 g/mol. The molecule has 1 saturated heterocycles. The quantitative estimate of drug-likeness (QED) is 0.619. The van der Waals surface area contributed by atoms with Crippen LogP contribution in [0.1, 0.15) is 42.4 Å². The summed E-state index contributed by atoms with van der Waals surface area (Å²) in [5.41, 5.74) is 3.71. The van der Waals surface area contributed by atoms with Crippen LogP contribution in [0, 0.1) is 11.3 Å². The van der Waals surface area contributed by atoms with Gasteiger partial charge in [-0.05, 0) is 62.9 Å². The van der Waals surface area contributed by atoms with Crippen molar-refractivity contribution in [3.63, 3.8) is 0 Å². The summed E-state index contributed by atoms with van der Waals surface area (Å²) in [6.45, 7) is 2.83. The van der Waals surface area contributed by atoms with E-state index in [0.717, 1.165) is 51.1 Å². The molecule has 0 radical (unpaired) electrons. The number of aromatic hydroxyl groups is 1. The van der Waals surface area contributed by atoms with Gasteiger partial charge in [-0.25, -0.2) is 0 Å². The second kappa shape index (κ2) is 7.58. The Morgan fingerprint density at radius 2 is 2.03 bits per heavy atom. The third-order valence-corrected chi connectivity index (χ3v) is 10.5. The monoisotopic (exact) mass is 472 g/mol. The minimum absolute atomic E-state index is 0.0345. The van der Waals surface area contributed by atoms with Crippen molar-refractivity contribution in [3.05, 3.63) is 65.2 Å². The van der Waals surface area contributed by atoms with Gasteiger partial charge in [-0.15, -0.1) is 0 Å². The Morgan fingerprint density at radius 1 is 1.17 bits per heavy atom. The molecule has 5 nitrogen and oxygen atoms in total. The van der Waals surface area contributed by atoms with Crippen molar-refractivity contribution in [2.45, 2.75) is 55.3 Å². The number of phenolic OH excluding ortho intramolecular Hbond substituents is 1. The van der Waals surface area contributed by atoms with E-state index in [9.17, 15) is 5.11 Å². The summed E-state index contributed by atoms with van der Waals surface area (Å²) in [6, 6.07) is 15.0. The zero-order valence-electron chi connectivity index (χ0n) is 20.8. The molecule has 184 valence electrons. The summed E-state index contributed by atoms with van der Waals surface area (Å²) < 4.78 is 13.4.